The highest BCUT2D eigenvalue weighted by Gasteiger charge is 2.40. The third-order valence-electron chi connectivity index (χ3n) is 4.00. The Morgan fingerprint density at radius 1 is 1.63 bits per heavy atom. The lowest BCUT2D eigenvalue weighted by atomic mass is 9.77. The number of ether oxygens (including phenoxy) is 1. The summed E-state index contributed by atoms with van der Waals surface area (Å²) in [4.78, 5) is 17.7. The highest BCUT2D eigenvalue weighted by molar-refractivity contribution is 5.76. The fourth-order valence-corrected chi connectivity index (χ4v) is 2.67. The quantitative estimate of drug-likeness (QED) is 0.903. The third-order valence-corrected chi connectivity index (χ3v) is 4.00. The van der Waals surface area contributed by atoms with E-state index in [1.165, 1.54) is 0 Å². The van der Waals surface area contributed by atoms with Crippen molar-refractivity contribution in [2.75, 3.05) is 25.1 Å². The van der Waals surface area contributed by atoms with Crippen molar-refractivity contribution in [3.05, 3.63) is 18.3 Å². The number of rotatable bonds is 4. The number of methoxy groups -OCH3 is 1. The van der Waals surface area contributed by atoms with Crippen molar-refractivity contribution in [2.24, 2.45) is 5.41 Å². The van der Waals surface area contributed by atoms with Crippen molar-refractivity contribution in [3.63, 3.8) is 0 Å². The molecular weight excluding hydrogens is 244 g/mol. The van der Waals surface area contributed by atoms with Crippen LogP contribution in [0.2, 0.25) is 0 Å². The standard InChI is InChI=1S/C14H20N2O3/c1-3-14(13(17)18)6-4-8-16(10-14)11-5-7-15-12(9-11)19-2/h5,7,9H,3-4,6,8,10H2,1-2H3,(H,17,18). The zero-order valence-corrected chi connectivity index (χ0v) is 11.4. The lowest BCUT2D eigenvalue weighted by molar-refractivity contribution is -0.149. The Balaban J connectivity index is 2.23. The fraction of sp³-hybridized carbons (Fsp3) is 0.571. The van der Waals surface area contributed by atoms with Crippen molar-refractivity contribution in [1.29, 1.82) is 0 Å². The molecule has 5 heteroatoms. The summed E-state index contributed by atoms with van der Waals surface area (Å²) in [5.41, 5.74) is 0.347. The molecule has 0 radical (unpaired) electrons. The van der Waals surface area contributed by atoms with Gasteiger partial charge in [0.05, 0.1) is 12.5 Å². The van der Waals surface area contributed by atoms with E-state index in [1.54, 1.807) is 13.3 Å². The smallest absolute Gasteiger partial charge is 0.311 e. The van der Waals surface area contributed by atoms with E-state index in [0.717, 1.165) is 25.1 Å². The summed E-state index contributed by atoms with van der Waals surface area (Å²) in [6.07, 6.45) is 3.99. The van der Waals surface area contributed by atoms with Crippen LogP contribution >= 0.6 is 0 Å². The first-order valence-electron chi connectivity index (χ1n) is 6.60. The van der Waals surface area contributed by atoms with Crippen molar-refractivity contribution in [3.8, 4) is 5.88 Å². The molecule has 104 valence electrons. The van der Waals surface area contributed by atoms with Gasteiger partial charge in [0.1, 0.15) is 0 Å². The van der Waals surface area contributed by atoms with Gasteiger partial charge in [0, 0.05) is 31.0 Å². The molecule has 1 atom stereocenters. The monoisotopic (exact) mass is 264 g/mol. The van der Waals surface area contributed by atoms with Crippen LogP contribution in [0, 0.1) is 5.41 Å². The zero-order chi connectivity index (χ0) is 13.9. The van der Waals surface area contributed by atoms with E-state index in [0.29, 0.717) is 18.8 Å². The molecule has 1 aliphatic heterocycles. The molecule has 0 aliphatic carbocycles. The molecule has 19 heavy (non-hydrogen) atoms. The van der Waals surface area contributed by atoms with Gasteiger partial charge in [0.25, 0.3) is 0 Å². The van der Waals surface area contributed by atoms with Crippen LogP contribution in [0.5, 0.6) is 5.88 Å². The lowest BCUT2D eigenvalue weighted by Crippen LogP contribution is -2.47. The Hall–Kier alpha value is -1.78. The number of hydrogen-bond acceptors (Lipinski definition) is 4. The average Bonchev–Trinajstić information content (AvgIpc) is 2.47. The number of anilines is 1. The normalized spacial score (nSPS) is 23.2. The highest BCUT2D eigenvalue weighted by atomic mass is 16.5. The molecule has 0 spiro atoms. The Labute approximate surface area is 113 Å². The number of hydrogen-bond donors (Lipinski definition) is 1. The Morgan fingerprint density at radius 2 is 2.42 bits per heavy atom. The fourth-order valence-electron chi connectivity index (χ4n) is 2.67. The molecule has 0 saturated carbocycles. The van der Waals surface area contributed by atoms with Gasteiger partial charge in [-0.15, -0.1) is 0 Å². The first kappa shape index (κ1) is 13.6. The number of aliphatic carboxylic acids is 1. The van der Waals surface area contributed by atoms with Crippen LogP contribution in [-0.4, -0.2) is 36.3 Å². The summed E-state index contributed by atoms with van der Waals surface area (Å²) in [6, 6.07) is 3.75. The second-order valence-corrected chi connectivity index (χ2v) is 5.02. The maximum absolute atomic E-state index is 11.5. The van der Waals surface area contributed by atoms with Crippen LogP contribution in [0.3, 0.4) is 0 Å². The average molecular weight is 264 g/mol. The van der Waals surface area contributed by atoms with E-state index in [1.807, 2.05) is 19.1 Å². The predicted molar refractivity (Wildman–Crippen MR) is 72.6 cm³/mol. The van der Waals surface area contributed by atoms with E-state index >= 15 is 0 Å². The Bertz CT molecular complexity index is 464. The number of carboxylic acid groups (broad SMARTS) is 1. The first-order valence-corrected chi connectivity index (χ1v) is 6.60. The minimum absolute atomic E-state index is 0.548. The van der Waals surface area contributed by atoms with Crippen LogP contribution in [0.4, 0.5) is 5.69 Å². The number of aromatic nitrogens is 1. The van der Waals surface area contributed by atoms with Crippen molar-refractivity contribution < 1.29 is 14.6 Å². The molecule has 1 aromatic rings. The van der Waals surface area contributed by atoms with Gasteiger partial charge in [-0.25, -0.2) is 4.98 Å². The van der Waals surface area contributed by atoms with E-state index < -0.39 is 11.4 Å². The molecule has 1 aliphatic rings. The summed E-state index contributed by atoms with van der Waals surface area (Å²) in [7, 11) is 1.58. The predicted octanol–water partition coefficient (Wildman–Crippen LogP) is 2.17. The van der Waals surface area contributed by atoms with Crippen LogP contribution in [-0.2, 0) is 4.79 Å². The van der Waals surface area contributed by atoms with Gasteiger partial charge in [0.2, 0.25) is 5.88 Å². The molecule has 1 saturated heterocycles. The minimum atomic E-state index is -0.694. The molecule has 0 amide bonds. The zero-order valence-electron chi connectivity index (χ0n) is 11.4. The number of nitrogens with zero attached hydrogens (tertiary/aromatic N) is 2. The summed E-state index contributed by atoms with van der Waals surface area (Å²) in [5.74, 6) is -0.138. The van der Waals surface area contributed by atoms with Crippen molar-refractivity contribution in [2.45, 2.75) is 26.2 Å². The largest absolute Gasteiger partial charge is 0.481 e. The van der Waals surface area contributed by atoms with Crippen molar-refractivity contribution >= 4 is 11.7 Å². The Morgan fingerprint density at radius 3 is 3.05 bits per heavy atom. The van der Waals surface area contributed by atoms with Gasteiger partial charge in [0.15, 0.2) is 0 Å². The van der Waals surface area contributed by atoms with Crippen LogP contribution < -0.4 is 9.64 Å². The highest BCUT2D eigenvalue weighted by Crippen LogP contribution is 2.36. The minimum Gasteiger partial charge on any atom is -0.481 e. The van der Waals surface area contributed by atoms with Crippen LogP contribution in [0.1, 0.15) is 26.2 Å². The van der Waals surface area contributed by atoms with Gasteiger partial charge in [-0.1, -0.05) is 6.92 Å². The molecule has 1 unspecified atom stereocenters. The topological polar surface area (TPSA) is 62.7 Å². The number of carbonyl (C=O) groups is 1. The van der Waals surface area contributed by atoms with Gasteiger partial charge in [-0.2, -0.15) is 0 Å². The summed E-state index contributed by atoms with van der Waals surface area (Å²) >= 11 is 0. The molecule has 0 aromatic carbocycles. The van der Waals surface area contributed by atoms with Gasteiger partial charge < -0.3 is 14.7 Å². The van der Waals surface area contributed by atoms with Crippen LogP contribution in [0.15, 0.2) is 18.3 Å². The van der Waals surface area contributed by atoms with E-state index in [-0.39, 0.29) is 0 Å². The summed E-state index contributed by atoms with van der Waals surface area (Å²) in [6.45, 7) is 3.37. The second-order valence-electron chi connectivity index (χ2n) is 5.02. The molecule has 1 N–H and O–H groups in total. The lowest BCUT2D eigenvalue weighted by Gasteiger charge is -2.40. The summed E-state index contributed by atoms with van der Waals surface area (Å²) < 4.78 is 5.12. The molecule has 5 nitrogen and oxygen atoms in total. The summed E-state index contributed by atoms with van der Waals surface area (Å²) in [5, 5.41) is 9.49. The van der Waals surface area contributed by atoms with Gasteiger partial charge in [-0.05, 0) is 25.3 Å². The SMILES string of the molecule is CCC1(C(=O)O)CCCN(c2ccnc(OC)c2)C1. The number of carboxylic acids is 1. The molecule has 2 rings (SSSR count). The van der Waals surface area contributed by atoms with E-state index in [9.17, 15) is 9.90 Å². The maximum Gasteiger partial charge on any atom is 0.311 e. The van der Waals surface area contributed by atoms with E-state index in [2.05, 4.69) is 9.88 Å². The first-order chi connectivity index (χ1) is 9.11. The van der Waals surface area contributed by atoms with Gasteiger partial charge in [-0.3, -0.25) is 4.79 Å². The molecule has 1 aromatic heterocycles. The molecule has 1 fully saturated rings. The molecule has 2 heterocycles. The third kappa shape index (κ3) is 2.64. The maximum atomic E-state index is 11.5. The second kappa shape index (κ2) is 5.47. The number of pyridine rings is 1. The molecular formula is C14H20N2O3. The van der Waals surface area contributed by atoms with Crippen LogP contribution in [0.25, 0.3) is 0 Å². The van der Waals surface area contributed by atoms with Crippen molar-refractivity contribution in [1.82, 2.24) is 4.98 Å². The molecule has 0 bridgehead atoms. The van der Waals surface area contributed by atoms with E-state index in [4.69, 9.17) is 4.74 Å². The number of piperidine rings is 1. The Kier molecular flexibility index (Phi) is 3.93. The van der Waals surface area contributed by atoms with Gasteiger partial charge >= 0.3 is 5.97 Å².